The molecule has 0 saturated heterocycles. The lowest BCUT2D eigenvalue weighted by Crippen LogP contribution is -2.41. The number of ether oxygens (including phenoxy) is 1. The Morgan fingerprint density at radius 1 is 1.33 bits per heavy atom. The van der Waals surface area contributed by atoms with Gasteiger partial charge in [-0.1, -0.05) is 12.1 Å². The van der Waals surface area contributed by atoms with Crippen LogP contribution in [0.15, 0.2) is 28.8 Å². The van der Waals surface area contributed by atoms with Gasteiger partial charge in [0, 0.05) is 17.8 Å². The van der Waals surface area contributed by atoms with Gasteiger partial charge in [-0.2, -0.15) is 0 Å². The zero-order chi connectivity index (χ0) is 17.7. The van der Waals surface area contributed by atoms with Crippen molar-refractivity contribution in [2.24, 2.45) is 0 Å². The van der Waals surface area contributed by atoms with Crippen LogP contribution in [0.3, 0.4) is 0 Å². The van der Waals surface area contributed by atoms with Gasteiger partial charge in [-0.25, -0.2) is 0 Å². The molecule has 0 aliphatic heterocycles. The number of anilines is 1. The van der Waals surface area contributed by atoms with Crippen molar-refractivity contribution < 1.29 is 14.1 Å². The smallest absolute Gasteiger partial charge is 0.241 e. The average Bonchev–Trinajstić information content (AvgIpc) is 2.88. The van der Waals surface area contributed by atoms with E-state index in [0.717, 1.165) is 28.5 Å². The second kappa shape index (κ2) is 7.97. The number of benzene rings is 1. The average molecular weight is 331 g/mol. The first-order chi connectivity index (χ1) is 11.5. The van der Waals surface area contributed by atoms with Crippen LogP contribution in [-0.4, -0.2) is 36.2 Å². The zero-order valence-electron chi connectivity index (χ0n) is 14.9. The fraction of sp³-hybridized carbons (Fsp3) is 0.444. The molecule has 6 nitrogen and oxygen atoms in total. The zero-order valence-corrected chi connectivity index (χ0v) is 14.9. The maximum atomic E-state index is 12.6. The van der Waals surface area contributed by atoms with Gasteiger partial charge < -0.3 is 14.6 Å². The third-order valence-electron chi connectivity index (χ3n) is 4.17. The van der Waals surface area contributed by atoms with Gasteiger partial charge in [0.2, 0.25) is 5.91 Å². The third kappa shape index (κ3) is 4.14. The number of carbonyl (C=O) groups excluding carboxylic acids is 1. The number of rotatable bonds is 7. The maximum absolute atomic E-state index is 12.6. The SMILES string of the molecule is CCC(C(=O)Nc1ccc(OC)cc1)N(C)Cc1c(C)noc1C. The Kier molecular flexibility index (Phi) is 5.98. The Bertz CT molecular complexity index is 660. The molecule has 1 unspecified atom stereocenters. The predicted molar refractivity (Wildman–Crippen MR) is 93.1 cm³/mol. The highest BCUT2D eigenvalue weighted by Gasteiger charge is 2.23. The number of hydrogen-bond donors (Lipinski definition) is 1. The first kappa shape index (κ1) is 18.0. The first-order valence-electron chi connectivity index (χ1n) is 8.03. The van der Waals surface area contributed by atoms with E-state index in [1.165, 1.54) is 0 Å². The molecule has 0 fully saturated rings. The monoisotopic (exact) mass is 331 g/mol. The normalized spacial score (nSPS) is 12.2. The molecule has 1 amide bonds. The van der Waals surface area contributed by atoms with E-state index in [2.05, 4.69) is 10.5 Å². The van der Waals surface area contributed by atoms with E-state index in [-0.39, 0.29) is 11.9 Å². The van der Waals surface area contributed by atoms with Gasteiger partial charge in [-0.05, 0) is 51.6 Å². The van der Waals surface area contributed by atoms with E-state index in [4.69, 9.17) is 9.26 Å². The number of aryl methyl sites for hydroxylation is 2. The summed E-state index contributed by atoms with van der Waals surface area (Å²) in [5, 5.41) is 6.93. The van der Waals surface area contributed by atoms with Gasteiger partial charge in [0.15, 0.2) is 0 Å². The van der Waals surface area contributed by atoms with Gasteiger partial charge in [0.25, 0.3) is 0 Å². The van der Waals surface area contributed by atoms with Gasteiger partial charge in [-0.15, -0.1) is 0 Å². The highest BCUT2D eigenvalue weighted by atomic mass is 16.5. The molecule has 1 heterocycles. The van der Waals surface area contributed by atoms with Crippen molar-refractivity contribution in [3.05, 3.63) is 41.3 Å². The van der Waals surface area contributed by atoms with Crippen LogP contribution < -0.4 is 10.1 Å². The number of methoxy groups -OCH3 is 1. The summed E-state index contributed by atoms with van der Waals surface area (Å²) in [4.78, 5) is 14.6. The largest absolute Gasteiger partial charge is 0.497 e. The van der Waals surface area contributed by atoms with Crippen LogP contribution in [0.5, 0.6) is 5.75 Å². The summed E-state index contributed by atoms with van der Waals surface area (Å²) in [5.74, 6) is 1.53. The van der Waals surface area contributed by atoms with Crippen LogP contribution in [0, 0.1) is 13.8 Å². The van der Waals surface area contributed by atoms with E-state index in [1.54, 1.807) is 7.11 Å². The number of nitrogens with zero attached hydrogens (tertiary/aromatic N) is 2. The highest BCUT2D eigenvalue weighted by Crippen LogP contribution is 2.19. The van der Waals surface area contributed by atoms with Crippen LogP contribution in [0.25, 0.3) is 0 Å². The standard InChI is InChI=1S/C18H25N3O3/c1-6-17(21(4)11-16-12(2)20-24-13(16)3)18(22)19-14-7-9-15(23-5)10-8-14/h7-10,17H,6,11H2,1-5H3,(H,19,22). The lowest BCUT2D eigenvalue weighted by atomic mass is 10.1. The molecular formula is C18H25N3O3. The lowest BCUT2D eigenvalue weighted by molar-refractivity contribution is -0.121. The van der Waals surface area contributed by atoms with Crippen molar-refractivity contribution in [2.75, 3.05) is 19.5 Å². The molecule has 1 aromatic heterocycles. The summed E-state index contributed by atoms with van der Waals surface area (Å²) in [6.45, 7) is 6.43. The molecule has 24 heavy (non-hydrogen) atoms. The number of likely N-dealkylation sites (N-methyl/N-ethyl adjacent to an activating group) is 1. The van der Waals surface area contributed by atoms with Gasteiger partial charge in [-0.3, -0.25) is 9.69 Å². The molecule has 0 spiro atoms. The molecule has 0 radical (unpaired) electrons. The summed E-state index contributed by atoms with van der Waals surface area (Å²) in [6, 6.07) is 7.07. The highest BCUT2D eigenvalue weighted by molar-refractivity contribution is 5.94. The topological polar surface area (TPSA) is 67.6 Å². The van der Waals surface area contributed by atoms with Crippen molar-refractivity contribution in [1.82, 2.24) is 10.1 Å². The molecule has 130 valence electrons. The Morgan fingerprint density at radius 2 is 2.00 bits per heavy atom. The van der Waals surface area contributed by atoms with E-state index in [1.807, 2.05) is 57.0 Å². The second-order valence-electron chi connectivity index (χ2n) is 5.86. The molecule has 6 heteroatoms. The summed E-state index contributed by atoms with van der Waals surface area (Å²) < 4.78 is 10.3. The van der Waals surface area contributed by atoms with Gasteiger partial charge in [0.05, 0.1) is 18.8 Å². The molecule has 1 aromatic carbocycles. The maximum Gasteiger partial charge on any atom is 0.241 e. The van der Waals surface area contributed by atoms with Crippen LogP contribution >= 0.6 is 0 Å². The molecule has 0 aliphatic carbocycles. The molecule has 0 aliphatic rings. The van der Waals surface area contributed by atoms with E-state index >= 15 is 0 Å². The summed E-state index contributed by atoms with van der Waals surface area (Å²) >= 11 is 0. The van der Waals surface area contributed by atoms with Crippen LogP contribution in [0.4, 0.5) is 5.69 Å². The molecular weight excluding hydrogens is 306 g/mol. The summed E-state index contributed by atoms with van der Waals surface area (Å²) in [5.41, 5.74) is 2.66. The van der Waals surface area contributed by atoms with Gasteiger partial charge >= 0.3 is 0 Å². The number of hydrogen-bond acceptors (Lipinski definition) is 5. The van der Waals surface area contributed by atoms with E-state index in [0.29, 0.717) is 13.0 Å². The quantitative estimate of drug-likeness (QED) is 0.844. The van der Waals surface area contributed by atoms with Gasteiger partial charge in [0.1, 0.15) is 11.5 Å². The number of carbonyl (C=O) groups is 1. The number of aromatic nitrogens is 1. The summed E-state index contributed by atoms with van der Waals surface area (Å²) in [6.07, 6.45) is 0.710. The molecule has 1 atom stereocenters. The van der Waals surface area contributed by atoms with Crippen molar-refractivity contribution in [3.63, 3.8) is 0 Å². The molecule has 2 aromatic rings. The van der Waals surface area contributed by atoms with Crippen LogP contribution in [0.1, 0.15) is 30.4 Å². The number of amides is 1. The van der Waals surface area contributed by atoms with Crippen molar-refractivity contribution in [1.29, 1.82) is 0 Å². The molecule has 2 rings (SSSR count). The van der Waals surface area contributed by atoms with Crippen molar-refractivity contribution in [3.8, 4) is 5.75 Å². The minimum absolute atomic E-state index is 0.0306. The molecule has 0 saturated carbocycles. The van der Waals surface area contributed by atoms with Crippen molar-refractivity contribution >= 4 is 11.6 Å². The minimum atomic E-state index is -0.235. The fourth-order valence-corrected chi connectivity index (χ4v) is 2.68. The Morgan fingerprint density at radius 3 is 2.50 bits per heavy atom. The Hall–Kier alpha value is -2.34. The minimum Gasteiger partial charge on any atom is -0.497 e. The van der Waals surface area contributed by atoms with Crippen LogP contribution in [0.2, 0.25) is 0 Å². The Balaban J connectivity index is 2.04. The van der Waals surface area contributed by atoms with E-state index < -0.39 is 0 Å². The Labute approximate surface area is 142 Å². The molecule has 0 bridgehead atoms. The van der Waals surface area contributed by atoms with E-state index in [9.17, 15) is 4.79 Å². The lowest BCUT2D eigenvalue weighted by Gasteiger charge is -2.26. The molecule has 1 N–H and O–H groups in total. The summed E-state index contributed by atoms with van der Waals surface area (Å²) in [7, 11) is 3.55. The fourth-order valence-electron chi connectivity index (χ4n) is 2.68. The third-order valence-corrected chi connectivity index (χ3v) is 4.17. The van der Waals surface area contributed by atoms with Crippen LogP contribution in [-0.2, 0) is 11.3 Å². The first-order valence-corrected chi connectivity index (χ1v) is 8.03. The second-order valence-corrected chi connectivity index (χ2v) is 5.86. The number of nitrogens with one attached hydrogen (secondary N) is 1. The van der Waals surface area contributed by atoms with Crippen molar-refractivity contribution in [2.45, 2.75) is 39.8 Å². The predicted octanol–water partition coefficient (Wildman–Crippen LogP) is 3.15.